The average Bonchev–Trinajstić information content (AvgIpc) is 3.30. The second-order valence-electron chi connectivity index (χ2n) is 8.03. The van der Waals surface area contributed by atoms with Gasteiger partial charge in [0, 0.05) is 23.8 Å². The number of carbonyl (C=O) groups is 1. The SMILES string of the molecule is CCOC(=O)C(Nc1ccc(C(=N)N)cc1)c1cc(CNC2CCCC2)cc(OCC)c1. The lowest BCUT2D eigenvalue weighted by Gasteiger charge is -2.21. The normalized spacial score (nSPS) is 14.7. The van der Waals surface area contributed by atoms with Crippen LogP contribution >= 0.6 is 0 Å². The summed E-state index contributed by atoms with van der Waals surface area (Å²) in [6.07, 6.45) is 4.97. The largest absolute Gasteiger partial charge is 0.494 e. The Hall–Kier alpha value is -3.06. The smallest absolute Gasteiger partial charge is 0.333 e. The maximum atomic E-state index is 12.9. The lowest BCUT2D eigenvalue weighted by molar-refractivity contribution is -0.144. The predicted molar refractivity (Wildman–Crippen MR) is 127 cm³/mol. The Bertz CT molecular complexity index is 908. The molecule has 172 valence electrons. The number of ether oxygens (including phenoxy) is 2. The van der Waals surface area contributed by atoms with E-state index < -0.39 is 6.04 Å². The highest BCUT2D eigenvalue weighted by molar-refractivity contribution is 5.95. The van der Waals surface area contributed by atoms with Gasteiger partial charge in [0.2, 0.25) is 0 Å². The molecule has 0 amide bonds. The molecule has 3 rings (SSSR count). The molecular formula is C25H34N4O3. The van der Waals surface area contributed by atoms with E-state index in [9.17, 15) is 4.79 Å². The number of carbonyl (C=O) groups excluding carboxylic acids is 1. The van der Waals surface area contributed by atoms with Crippen molar-refractivity contribution in [3.05, 3.63) is 59.2 Å². The molecule has 0 spiro atoms. The summed E-state index contributed by atoms with van der Waals surface area (Å²) in [4.78, 5) is 12.9. The number of anilines is 1. The first kappa shape index (κ1) is 23.6. The van der Waals surface area contributed by atoms with Crippen LogP contribution in [0.3, 0.4) is 0 Å². The summed E-state index contributed by atoms with van der Waals surface area (Å²) >= 11 is 0. The monoisotopic (exact) mass is 438 g/mol. The van der Waals surface area contributed by atoms with Gasteiger partial charge in [-0.2, -0.15) is 0 Å². The van der Waals surface area contributed by atoms with Crippen molar-refractivity contribution in [1.29, 1.82) is 5.41 Å². The third-order valence-electron chi connectivity index (χ3n) is 5.61. The van der Waals surface area contributed by atoms with Crippen LogP contribution in [0.5, 0.6) is 5.75 Å². The Labute approximate surface area is 190 Å². The fourth-order valence-corrected chi connectivity index (χ4v) is 4.01. The first-order valence-electron chi connectivity index (χ1n) is 11.4. The molecule has 0 heterocycles. The molecule has 5 N–H and O–H groups in total. The number of nitrogens with two attached hydrogens (primary N) is 1. The molecule has 0 radical (unpaired) electrons. The first-order valence-corrected chi connectivity index (χ1v) is 11.4. The Morgan fingerprint density at radius 1 is 1.12 bits per heavy atom. The lowest BCUT2D eigenvalue weighted by Crippen LogP contribution is -2.26. The van der Waals surface area contributed by atoms with E-state index in [1.807, 2.05) is 25.1 Å². The van der Waals surface area contributed by atoms with E-state index in [0.29, 0.717) is 24.8 Å². The van der Waals surface area contributed by atoms with Gasteiger partial charge in [0.05, 0.1) is 13.2 Å². The molecule has 1 aliphatic rings. The van der Waals surface area contributed by atoms with Gasteiger partial charge in [-0.1, -0.05) is 18.9 Å². The molecule has 1 atom stereocenters. The molecule has 0 saturated heterocycles. The maximum absolute atomic E-state index is 12.9. The van der Waals surface area contributed by atoms with Crippen LogP contribution in [0.15, 0.2) is 42.5 Å². The van der Waals surface area contributed by atoms with E-state index >= 15 is 0 Å². The van der Waals surface area contributed by atoms with Crippen LogP contribution in [0, 0.1) is 5.41 Å². The van der Waals surface area contributed by atoms with Crippen molar-refractivity contribution in [1.82, 2.24) is 5.32 Å². The van der Waals surface area contributed by atoms with Gasteiger partial charge in [-0.3, -0.25) is 5.41 Å². The Kier molecular flexibility index (Phi) is 8.50. The van der Waals surface area contributed by atoms with Crippen LogP contribution < -0.4 is 21.1 Å². The standard InChI is InChI=1S/C25H34N4O3/c1-3-31-22-14-17(16-28-20-7-5-6-8-20)13-19(15-22)23(25(30)32-4-2)29-21-11-9-18(10-12-21)24(26)27/h9-15,20,23,28-29H,3-8,16H2,1-2H3,(H3,26,27). The van der Waals surface area contributed by atoms with Crippen LogP contribution in [0.4, 0.5) is 5.69 Å². The van der Waals surface area contributed by atoms with Gasteiger partial charge in [-0.15, -0.1) is 0 Å². The minimum Gasteiger partial charge on any atom is -0.494 e. The predicted octanol–water partition coefficient (Wildman–Crippen LogP) is 4.12. The van der Waals surface area contributed by atoms with Crippen molar-refractivity contribution in [2.24, 2.45) is 5.73 Å². The summed E-state index contributed by atoms with van der Waals surface area (Å²) < 4.78 is 11.2. The van der Waals surface area contributed by atoms with Crippen LogP contribution in [-0.4, -0.2) is 31.1 Å². The van der Waals surface area contributed by atoms with Gasteiger partial charge >= 0.3 is 5.97 Å². The molecule has 0 bridgehead atoms. The van der Waals surface area contributed by atoms with E-state index in [-0.39, 0.29) is 11.8 Å². The highest BCUT2D eigenvalue weighted by atomic mass is 16.5. The third-order valence-corrected chi connectivity index (χ3v) is 5.61. The molecule has 32 heavy (non-hydrogen) atoms. The van der Waals surface area contributed by atoms with Crippen molar-refractivity contribution in [2.45, 2.75) is 58.2 Å². The Morgan fingerprint density at radius 3 is 2.47 bits per heavy atom. The van der Waals surface area contributed by atoms with Crippen molar-refractivity contribution in [3.63, 3.8) is 0 Å². The molecule has 1 fully saturated rings. The molecule has 1 unspecified atom stereocenters. The van der Waals surface area contributed by atoms with Crippen molar-refractivity contribution in [2.75, 3.05) is 18.5 Å². The van der Waals surface area contributed by atoms with Gasteiger partial charge in [-0.05, 0) is 74.2 Å². The van der Waals surface area contributed by atoms with Gasteiger partial charge in [-0.25, -0.2) is 4.79 Å². The number of benzene rings is 2. The van der Waals surface area contributed by atoms with E-state index in [1.165, 1.54) is 25.7 Å². The van der Waals surface area contributed by atoms with E-state index in [2.05, 4.69) is 10.6 Å². The second kappa shape index (κ2) is 11.5. The zero-order valence-electron chi connectivity index (χ0n) is 18.9. The van der Waals surface area contributed by atoms with Crippen molar-refractivity contribution >= 4 is 17.5 Å². The summed E-state index contributed by atoms with van der Waals surface area (Å²) in [7, 11) is 0. The molecule has 7 heteroatoms. The molecule has 0 aromatic heterocycles. The van der Waals surface area contributed by atoms with Crippen molar-refractivity contribution < 1.29 is 14.3 Å². The Morgan fingerprint density at radius 2 is 1.84 bits per heavy atom. The summed E-state index contributed by atoms with van der Waals surface area (Å²) in [5, 5.41) is 14.5. The highest BCUT2D eigenvalue weighted by Gasteiger charge is 2.24. The fourth-order valence-electron chi connectivity index (χ4n) is 4.01. The quantitative estimate of drug-likeness (QED) is 0.239. The number of rotatable bonds is 11. The minimum atomic E-state index is -0.691. The van der Waals surface area contributed by atoms with Crippen LogP contribution in [0.2, 0.25) is 0 Å². The second-order valence-corrected chi connectivity index (χ2v) is 8.03. The van der Waals surface area contributed by atoms with Crippen LogP contribution in [0.1, 0.15) is 62.3 Å². The molecule has 1 saturated carbocycles. The van der Waals surface area contributed by atoms with Crippen LogP contribution in [0.25, 0.3) is 0 Å². The van der Waals surface area contributed by atoms with E-state index in [1.54, 1.807) is 31.2 Å². The highest BCUT2D eigenvalue weighted by Crippen LogP contribution is 2.27. The van der Waals surface area contributed by atoms with Crippen LogP contribution in [-0.2, 0) is 16.1 Å². The number of nitrogens with one attached hydrogen (secondary N) is 3. The molecule has 7 nitrogen and oxygen atoms in total. The number of hydrogen-bond donors (Lipinski definition) is 4. The summed E-state index contributed by atoms with van der Waals surface area (Å²) in [6, 6.07) is 12.9. The summed E-state index contributed by atoms with van der Waals surface area (Å²) in [5.74, 6) is 0.380. The van der Waals surface area contributed by atoms with E-state index in [0.717, 1.165) is 29.1 Å². The number of amidine groups is 1. The maximum Gasteiger partial charge on any atom is 0.333 e. The van der Waals surface area contributed by atoms with Gasteiger partial charge in [0.1, 0.15) is 11.6 Å². The summed E-state index contributed by atoms with van der Waals surface area (Å²) in [5.41, 5.74) is 8.77. The zero-order valence-corrected chi connectivity index (χ0v) is 18.9. The molecular weight excluding hydrogens is 404 g/mol. The lowest BCUT2D eigenvalue weighted by atomic mass is 10.0. The molecule has 2 aromatic rings. The zero-order chi connectivity index (χ0) is 22.9. The number of hydrogen-bond acceptors (Lipinski definition) is 6. The van der Waals surface area contributed by atoms with Gasteiger partial charge in [0.25, 0.3) is 0 Å². The summed E-state index contributed by atoms with van der Waals surface area (Å²) in [6.45, 7) is 5.30. The molecule has 2 aromatic carbocycles. The number of esters is 1. The molecule has 1 aliphatic carbocycles. The van der Waals surface area contributed by atoms with Gasteiger partial charge in [0.15, 0.2) is 6.04 Å². The number of nitrogen functional groups attached to an aromatic ring is 1. The van der Waals surface area contributed by atoms with Gasteiger partial charge < -0.3 is 25.8 Å². The fraction of sp³-hybridized carbons (Fsp3) is 0.440. The Balaban J connectivity index is 1.87. The topological polar surface area (TPSA) is 109 Å². The minimum absolute atomic E-state index is 0.00214. The van der Waals surface area contributed by atoms with E-state index in [4.69, 9.17) is 20.6 Å². The first-order chi connectivity index (χ1) is 15.5. The molecule has 0 aliphatic heterocycles. The van der Waals surface area contributed by atoms with Crippen molar-refractivity contribution in [3.8, 4) is 5.75 Å². The average molecular weight is 439 g/mol. The third kappa shape index (κ3) is 6.47.